The van der Waals surface area contributed by atoms with Crippen molar-refractivity contribution in [2.45, 2.75) is 26.0 Å². The van der Waals surface area contributed by atoms with E-state index in [-0.39, 0.29) is 36.4 Å². The van der Waals surface area contributed by atoms with Crippen LogP contribution >= 0.6 is 0 Å². The Morgan fingerprint density at radius 3 is 2.65 bits per heavy atom. The molecule has 1 aromatic rings. The van der Waals surface area contributed by atoms with Crippen LogP contribution in [-0.4, -0.2) is 104 Å². The number of hydrogen-bond acceptors (Lipinski definition) is 7. The van der Waals surface area contributed by atoms with E-state index >= 15 is 0 Å². The van der Waals surface area contributed by atoms with E-state index in [4.69, 9.17) is 4.74 Å². The van der Waals surface area contributed by atoms with Crippen LogP contribution < -0.4 is 4.74 Å². The summed E-state index contributed by atoms with van der Waals surface area (Å²) in [6.45, 7) is 4.43. The summed E-state index contributed by atoms with van der Waals surface area (Å²) in [6, 6.07) is 1.22. The highest BCUT2D eigenvalue weighted by Crippen LogP contribution is 2.27. The molecule has 0 saturated carbocycles. The second-order valence-corrected chi connectivity index (χ2v) is 10.4. The van der Waals surface area contributed by atoms with Crippen LogP contribution in [0.2, 0.25) is 0 Å². The molecule has 0 aliphatic carbocycles. The van der Waals surface area contributed by atoms with Gasteiger partial charge in [0.1, 0.15) is 11.7 Å². The van der Waals surface area contributed by atoms with Crippen molar-refractivity contribution >= 4 is 15.9 Å². The average Bonchev–Trinajstić information content (AvgIpc) is 2.69. The summed E-state index contributed by atoms with van der Waals surface area (Å²) in [5.74, 6) is 5.64. The maximum Gasteiger partial charge on any atom is 0.259 e. The Labute approximate surface area is 185 Å². The van der Waals surface area contributed by atoms with Gasteiger partial charge in [-0.15, -0.1) is 0 Å². The minimum Gasteiger partial charge on any atom is -0.472 e. The molecule has 1 aliphatic rings. The molecule has 31 heavy (non-hydrogen) atoms. The minimum atomic E-state index is -3.40. The molecule has 0 bridgehead atoms. The highest BCUT2D eigenvalue weighted by Gasteiger charge is 2.35. The van der Waals surface area contributed by atoms with Crippen LogP contribution in [0.1, 0.15) is 29.8 Å². The molecular weight excluding hydrogens is 420 g/mol. The zero-order valence-electron chi connectivity index (χ0n) is 19.0. The zero-order valence-corrected chi connectivity index (χ0v) is 19.8. The quantitative estimate of drug-likeness (QED) is 0.611. The van der Waals surface area contributed by atoms with Crippen LogP contribution in [0.25, 0.3) is 0 Å². The Hall–Kier alpha value is -2.19. The lowest BCUT2D eigenvalue weighted by molar-refractivity contribution is 0.0373. The molecule has 0 spiro atoms. The molecule has 172 valence electrons. The normalized spacial score (nSPS) is 20.4. The predicted octanol–water partition coefficient (Wildman–Crippen LogP) is 0.106. The highest BCUT2D eigenvalue weighted by atomic mass is 32.2. The molecule has 0 aromatic carbocycles. The first-order chi connectivity index (χ1) is 14.4. The number of fused-ring (bicyclic) bond motifs is 1. The van der Waals surface area contributed by atoms with Gasteiger partial charge in [-0.3, -0.25) is 9.69 Å². The van der Waals surface area contributed by atoms with Gasteiger partial charge in [-0.25, -0.2) is 17.7 Å². The fourth-order valence-electron chi connectivity index (χ4n) is 3.08. The Morgan fingerprint density at radius 2 is 2.06 bits per heavy atom. The molecule has 0 unspecified atom stereocenters. The molecule has 2 rings (SSSR count). The van der Waals surface area contributed by atoms with Gasteiger partial charge in [0.05, 0.1) is 32.0 Å². The first kappa shape index (κ1) is 25.1. The number of aliphatic hydroxyl groups excluding tert-OH is 1. The summed E-state index contributed by atoms with van der Waals surface area (Å²) >= 11 is 0. The van der Waals surface area contributed by atoms with Gasteiger partial charge in [-0.2, -0.15) is 0 Å². The van der Waals surface area contributed by atoms with E-state index in [1.165, 1.54) is 17.5 Å². The SMILES string of the molecule is C[C@H](CO)N1C[C@H](C)[C@H](CN(C)S(C)(=O)=O)Oc2ncc(C#CCN(C)C)cc2C1=O. The van der Waals surface area contributed by atoms with E-state index in [9.17, 15) is 18.3 Å². The molecule has 1 N–H and O–H groups in total. The molecule has 0 fully saturated rings. The third-order valence-corrected chi connectivity index (χ3v) is 6.43. The number of nitrogens with zero attached hydrogens (tertiary/aromatic N) is 4. The van der Waals surface area contributed by atoms with Gasteiger partial charge in [0.25, 0.3) is 5.91 Å². The Morgan fingerprint density at radius 1 is 1.39 bits per heavy atom. The summed E-state index contributed by atoms with van der Waals surface area (Å²) in [5, 5.41) is 9.69. The van der Waals surface area contributed by atoms with E-state index in [0.29, 0.717) is 18.7 Å². The number of likely N-dealkylation sites (N-methyl/N-ethyl adjacent to an activating group) is 1. The van der Waals surface area contributed by atoms with Crippen molar-refractivity contribution in [1.82, 2.24) is 19.1 Å². The zero-order chi connectivity index (χ0) is 23.3. The second-order valence-electron chi connectivity index (χ2n) is 8.28. The van der Waals surface area contributed by atoms with E-state index in [1.54, 1.807) is 17.9 Å². The minimum absolute atomic E-state index is 0.112. The number of amides is 1. The molecule has 1 aromatic heterocycles. The average molecular weight is 453 g/mol. The highest BCUT2D eigenvalue weighted by molar-refractivity contribution is 7.88. The maximum absolute atomic E-state index is 13.3. The van der Waals surface area contributed by atoms with Crippen LogP contribution in [-0.2, 0) is 10.0 Å². The molecule has 9 nitrogen and oxygen atoms in total. The molecule has 0 saturated heterocycles. The molecular formula is C21H32N4O5S. The second kappa shape index (κ2) is 10.4. The third-order valence-electron chi connectivity index (χ3n) is 5.15. The summed E-state index contributed by atoms with van der Waals surface area (Å²) in [4.78, 5) is 21.1. The summed E-state index contributed by atoms with van der Waals surface area (Å²) in [7, 11) is 1.91. The van der Waals surface area contributed by atoms with E-state index in [2.05, 4.69) is 16.8 Å². The van der Waals surface area contributed by atoms with Gasteiger partial charge in [-0.1, -0.05) is 18.8 Å². The van der Waals surface area contributed by atoms with Crippen molar-refractivity contribution in [2.75, 3.05) is 53.6 Å². The van der Waals surface area contributed by atoms with E-state index < -0.39 is 22.2 Å². The maximum atomic E-state index is 13.3. The van der Waals surface area contributed by atoms with Crippen LogP contribution in [0.15, 0.2) is 12.3 Å². The first-order valence-electron chi connectivity index (χ1n) is 10.1. The van der Waals surface area contributed by atoms with Crippen molar-refractivity contribution in [1.29, 1.82) is 0 Å². The topological polar surface area (TPSA) is 103 Å². The van der Waals surface area contributed by atoms with Crippen molar-refractivity contribution < 1.29 is 23.1 Å². The van der Waals surface area contributed by atoms with Crippen molar-refractivity contribution in [3.8, 4) is 17.7 Å². The number of aromatic nitrogens is 1. The van der Waals surface area contributed by atoms with Crippen molar-refractivity contribution in [3.63, 3.8) is 0 Å². The molecule has 1 amide bonds. The Kier molecular flexibility index (Phi) is 8.42. The van der Waals surface area contributed by atoms with Crippen LogP contribution in [0.3, 0.4) is 0 Å². The van der Waals surface area contributed by atoms with Gasteiger partial charge < -0.3 is 14.7 Å². The third kappa shape index (κ3) is 6.64. The van der Waals surface area contributed by atoms with Crippen LogP contribution in [0.4, 0.5) is 0 Å². The number of aliphatic hydroxyl groups is 1. The van der Waals surface area contributed by atoms with Crippen LogP contribution in [0, 0.1) is 17.8 Å². The van der Waals surface area contributed by atoms with Crippen LogP contribution in [0.5, 0.6) is 5.88 Å². The number of hydrogen-bond donors (Lipinski definition) is 1. The van der Waals surface area contributed by atoms with Gasteiger partial charge in [0.2, 0.25) is 15.9 Å². The number of carbonyl (C=O) groups is 1. The summed E-state index contributed by atoms with van der Waals surface area (Å²) in [5.41, 5.74) is 0.823. The lowest BCUT2D eigenvalue weighted by atomic mass is 10.0. The number of carbonyl (C=O) groups excluding carboxylic acids is 1. The largest absolute Gasteiger partial charge is 0.472 e. The summed E-state index contributed by atoms with van der Waals surface area (Å²) in [6.07, 6.45) is 2.14. The van der Waals surface area contributed by atoms with Gasteiger partial charge in [-0.05, 0) is 27.1 Å². The monoisotopic (exact) mass is 452 g/mol. The molecule has 10 heteroatoms. The van der Waals surface area contributed by atoms with Crippen molar-refractivity contribution in [3.05, 3.63) is 23.4 Å². The fraction of sp³-hybridized carbons (Fsp3) is 0.619. The lowest BCUT2D eigenvalue weighted by Gasteiger charge is -2.37. The van der Waals surface area contributed by atoms with Gasteiger partial charge in [0, 0.05) is 31.3 Å². The van der Waals surface area contributed by atoms with E-state index in [0.717, 1.165) is 6.26 Å². The first-order valence-corrected chi connectivity index (χ1v) is 11.9. The standard InChI is InChI=1S/C21H32N4O5S/c1-15-12-25(16(2)14-26)21(27)18-10-17(8-7-9-23(3)4)11-22-20(18)30-19(15)13-24(5)31(6,28)29/h10-11,15-16,19,26H,9,12-14H2,1-6H3/t15-,16+,19-/m0/s1. The Balaban J connectivity index is 2.48. The van der Waals surface area contributed by atoms with Crippen molar-refractivity contribution in [2.24, 2.45) is 5.92 Å². The molecule has 0 radical (unpaired) electrons. The number of sulfonamides is 1. The summed E-state index contributed by atoms with van der Waals surface area (Å²) < 4.78 is 31.1. The lowest BCUT2D eigenvalue weighted by Crippen LogP contribution is -2.50. The Bertz CT molecular complexity index is 954. The predicted molar refractivity (Wildman–Crippen MR) is 118 cm³/mol. The molecule has 1 aliphatic heterocycles. The number of pyridine rings is 1. The van der Waals surface area contributed by atoms with Gasteiger partial charge in [0.15, 0.2) is 0 Å². The molecule has 3 atom stereocenters. The van der Waals surface area contributed by atoms with E-state index in [1.807, 2.05) is 25.9 Å². The number of ether oxygens (including phenoxy) is 1. The molecule has 2 heterocycles. The fourth-order valence-corrected chi connectivity index (χ4v) is 3.49. The number of rotatable bonds is 6. The smallest absolute Gasteiger partial charge is 0.259 e. The van der Waals surface area contributed by atoms with Gasteiger partial charge >= 0.3 is 0 Å².